The van der Waals surface area contributed by atoms with Gasteiger partial charge >= 0.3 is 5.97 Å². The van der Waals surface area contributed by atoms with Gasteiger partial charge in [-0.05, 0) is 31.7 Å². The highest BCUT2D eigenvalue weighted by atomic mass is 79.9. The number of aliphatic hydroxyl groups is 1. The SMILES string of the molecule is C=CCCC(=O)N[C@@H](C)[C@H](OC(=O)[C@H]1[C@@H]2O[C@@]3(CC2Br)[C@@H]1C(=O)N(CCO)[C@@H]3C(=O)N(CC=C)CCCCC)c1ccccc1. The molecule has 1 aromatic carbocycles. The van der Waals surface area contributed by atoms with Crippen molar-refractivity contribution in [3.8, 4) is 0 Å². The summed E-state index contributed by atoms with van der Waals surface area (Å²) in [6.45, 7) is 11.7. The minimum absolute atomic E-state index is 0.0620. The number of esters is 1. The third-order valence-electron chi connectivity index (χ3n) is 9.12. The number of carbonyl (C=O) groups is 4. The third-order valence-corrected chi connectivity index (χ3v) is 9.96. The maximum atomic E-state index is 14.2. The average Bonchev–Trinajstić information content (AvgIpc) is 3.62. The predicted molar refractivity (Wildman–Crippen MR) is 173 cm³/mol. The minimum Gasteiger partial charge on any atom is -0.455 e. The lowest BCUT2D eigenvalue weighted by Gasteiger charge is -2.37. The van der Waals surface area contributed by atoms with E-state index in [1.54, 1.807) is 24.0 Å². The van der Waals surface area contributed by atoms with Gasteiger partial charge < -0.3 is 29.7 Å². The van der Waals surface area contributed by atoms with Gasteiger partial charge in [-0.2, -0.15) is 0 Å². The summed E-state index contributed by atoms with van der Waals surface area (Å²) < 4.78 is 12.8. The summed E-state index contributed by atoms with van der Waals surface area (Å²) in [5.41, 5.74) is -0.570. The summed E-state index contributed by atoms with van der Waals surface area (Å²) in [6.07, 6.45) is 5.66. The fourth-order valence-corrected chi connectivity index (χ4v) is 8.08. The molecule has 3 fully saturated rings. The first-order valence-electron chi connectivity index (χ1n) is 15.9. The number of β-amino-alcohol motifs (C(OH)–C–C–N with tert-alkyl or cyclic N) is 1. The molecule has 3 saturated heterocycles. The lowest BCUT2D eigenvalue weighted by atomic mass is 9.70. The number of unbranched alkanes of at least 4 members (excludes halogenated alkanes) is 2. The number of fused-ring (bicyclic) bond motifs is 1. The molecule has 8 atom stereocenters. The van der Waals surface area contributed by atoms with Crippen LogP contribution in [0.3, 0.4) is 0 Å². The van der Waals surface area contributed by atoms with Gasteiger partial charge in [-0.3, -0.25) is 19.2 Å². The summed E-state index contributed by atoms with van der Waals surface area (Å²) in [5, 5.41) is 12.9. The first-order valence-corrected chi connectivity index (χ1v) is 16.8. The number of aliphatic hydroxyl groups excluding tert-OH is 1. The smallest absolute Gasteiger partial charge is 0.313 e. The number of hydrogen-bond donors (Lipinski definition) is 2. The fraction of sp³-hybridized carbons (Fsp3) is 0.588. The molecular weight excluding hydrogens is 642 g/mol. The Balaban J connectivity index is 1.65. The molecule has 2 bridgehead atoms. The van der Waals surface area contributed by atoms with E-state index in [0.29, 0.717) is 31.5 Å². The van der Waals surface area contributed by atoms with Crippen LogP contribution in [0.25, 0.3) is 0 Å². The lowest BCUT2D eigenvalue weighted by molar-refractivity contribution is -0.162. The molecule has 45 heavy (non-hydrogen) atoms. The van der Waals surface area contributed by atoms with Crippen molar-refractivity contribution in [2.75, 3.05) is 26.2 Å². The molecule has 11 heteroatoms. The molecule has 3 heterocycles. The number of amides is 3. The molecule has 0 radical (unpaired) electrons. The van der Waals surface area contributed by atoms with Gasteiger partial charge in [0.05, 0.1) is 30.6 Å². The van der Waals surface area contributed by atoms with Gasteiger partial charge in [0, 0.05) is 30.9 Å². The zero-order valence-corrected chi connectivity index (χ0v) is 27.8. The zero-order chi connectivity index (χ0) is 32.7. The number of alkyl halides is 1. The molecular formula is C34H46BrN3O7. The van der Waals surface area contributed by atoms with Crippen LogP contribution in [0.2, 0.25) is 0 Å². The van der Waals surface area contributed by atoms with Crippen molar-refractivity contribution in [2.45, 2.75) is 87.1 Å². The van der Waals surface area contributed by atoms with Gasteiger partial charge in [0.15, 0.2) is 0 Å². The zero-order valence-electron chi connectivity index (χ0n) is 26.2. The third kappa shape index (κ3) is 7.05. The van der Waals surface area contributed by atoms with Crippen molar-refractivity contribution < 1.29 is 33.8 Å². The van der Waals surface area contributed by atoms with E-state index in [2.05, 4.69) is 41.3 Å². The number of likely N-dealkylation sites (tertiary alicyclic amines) is 1. The second-order valence-corrected chi connectivity index (χ2v) is 13.3. The van der Waals surface area contributed by atoms with Gasteiger partial charge in [0.2, 0.25) is 17.7 Å². The van der Waals surface area contributed by atoms with E-state index in [4.69, 9.17) is 9.47 Å². The van der Waals surface area contributed by atoms with Crippen LogP contribution in [0.4, 0.5) is 0 Å². The van der Waals surface area contributed by atoms with Crippen molar-refractivity contribution in [3.63, 3.8) is 0 Å². The Morgan fingerprint density at radius 2 is 1.98 bits per heavy atom. The highest BCUT2D eigenvalue weighted by Crippen LogP contribution is 2.60. The van der Waals surface area contributed by atoms with E-state index in [1.807, 2.05) is 30.3 Å². The molecule has 3 aliphatic heterocycles. The first-order chi connectivity index (χ1) is 21.6. The average molecular weight is 689 g/mol. The van der Waals surface area contributed by atoms with Crippen LogP contribution in [0.15, 0.2) is 55.6 Å². The van der Waals surface area contributed by atoms with E-state index < -0.39 is 53.6 Å². The number of hydrogen-bond acceptors (Lipinski definition) is 7. The Kier molecular flexibility index (Phi) is 12.0. The quantitative estimate of drug-likeness (QED) is 0.111. The Morgan fingerprint density at radius 1 is 1.24 bits per heavy atom. The van der Waals surface area contributed by atoms with E-state index in [-0.39, 0.29) is 36.2 Å². The van der Waals surface area contributed by atoms with Gasteiger partial charge in [-0.1, -0.05) is 78.2 Å². The van der Waals surface area contributed by atoms with Crippen LogP contribution in [0.1, 0.15) is 64.0 Å². The molecule has 4 rings (SSSR count). The number of allylic oxidation sites excluding steroid dienone is 1. The molecule has 0 saturated carbocycles. The Hall–Kier alpha value is -3.02. The summed E-state index contributed by atoms with van der Waals surface area (Å²) >= 11 is 3.69. The van der Waals surface area contributed by atoms with Crippen molar-refractivity contribution >= 4 is 39.6 Å². The molecule has 3 aliphatic rings. The number of ether oxygens (including phenoxy) is 2. The fourth-order valence-electron chi connectivity index (χ4n) is 7.14. The molecule has 1 unspecified atom stereocenters. The topological polar surface area (TPSA) is 125 Å². The second-order valence-electron chi connectivity index (χ2n) is 12.2. The van der Waals surface area contributed by atoms with E-state index in [0.717, 1.165) is 19.3 Å². The van der Waals surface area contributed by atoms with Crippen LogP contribution in [0.5, 0.6) is 0 Å². The van der Waals surface area contributed by atoms with Crippen LogP contribution in [-0.2, 0) is 28.7 Å². The summed E-state index contributed by atoms with van der Waals surface area (Å²) in [5.74, 6) is -3.45. The first kappa shape index (κ1) is 34.8. The number of halogens is 1. The summed E-state index contributed by atoms with van der Waals surface area (Å²) in [7, 11) is 0. The molecule has 3 amide bonds. The monoisotopic (exact) mass is 687 g/mol. The number of nitrogens with zero attached hydrogens (tertiary/aromatic N) is 2. The van der Waals surface area contributed by atoms with Crippen molar-refractivity contribution in [1.82, 2.24) is 15.1 Å². The maximum absolute atomic E-state index is 14.2. The van der Waals surface area contributed by atoms with E-state index in [1.165, 1.54) is 4.90 Å². The van der Waals surface area contributed by atoms with Crippen LogP contribution in [-0.4, -0.2) is 93.5 Å². The van der Waals surface area contributed by atoms with Crippen molar-refractivity contribution in [3.05, 3.63) is 61.2 Å². The highest BCUT2D eigenvalue weighted by molar-refractivity contribution is 9.09. The van der Waals surface area contributed by atoms with Gasteiger partial charge in [-0.15, -0.1) is 13.2 Å². The standard InChI is InChI=1S/C34H46BrN3O7/c1-5-8-13-18-37(17-7-3)32(42)30-34-21-24(35)29(45-34)26(27(34)31(41)38(30)19-20-39)33(43)44-28(23-14-11-10-12-15-23)22(4)36-25(40)16-9-6-2/h6-7,10-12,14-15,22,24,26-30,39H,2-3,5,8-9,13,16-21H2,1,4H3,(H,36,40)/t22-,24?,26+,27-,28-,29+,30+,34-/m0/s1. The Labute approximate surface area is 274 Å². The number of rotatable bonds is 17. The molecule has 2 N–H and O–H groups in total. The normalized spacial score (nSPS) is 27.9. The molecule has 0 aliphatic carbocycles. The molecule has 246 valence electrons. The van der Waals surface area contributed by atoms with Gasteiger partial charge in [-0.25, -0.2) is 0 Å². The van der Waals surface area contributed by atoms with Crippen LogP contribution >= 0.6 is 15.9 Å². The molecule has 10 nitrogen and oxygen atoms in total. The van der Waals surface area contributed by atoms with Crippen molar-refractivity contribution in [2.24, 2.45) is 11.8 Å². The minimum atomic E-state index is -1.26. The van der Waals surface area contributed by atoms with Gasteiger partial charge in [0.1, 0.15) is 17.7 Å². The lowest BCUT2D eigenvalue weighted by Crippen LogP contribution is -2.57. The largest absolute Gasteiger partial charge is 0.455 e. The molecule has 1 spiro atoms. The van der Waals surface area contributed by atoms with Gasteiger partial charge in [0.25, 0.3) is 0 Å². The summed E-state index contributed by atoms with van der Waals surface area (Å²) in [4.78, 5) is 57.9. The number of nitrogens with one attached hydrogen (secondary N) is 1. The van der Waals surface area contributed by atoms with Crippen LogP contribution < -0.4 is 5.32 Å². The number of benzene rings is 1. The van der Waals surface area contributed by atoms with E-state index in [9.17, 15) is 24.3 Å². The van der Waals surface area contributed by atoms with E-state index >= 15 is 0 Å². The predicted octanol–water partition coefficient (Wildman–Crippen LogP) is 3.69. The Morgan fingerprint density at radius 3 is 2.62 bits per heavy atom. The van der Waals surface area contributed by atoms with Crippen molar-refractivity contribution in [1.29, 1.82) is 0 Å². The highest BCUT2D eigenvalue weighted by Gasteiger charge is 2.77. The molecule has 1 aromatic rings. The molecule has 0 aromatic heterocycles. The second kappa shape index (κ2) is 15.5. The Bertz CT molecular complexity index is 1250. The summed E-state index contributed by atoms with van der Waals surface area (Å²) in [6, 6.07) is 7.57. The number of carbonyl (C=O) groups excluding carboxylic acids is 4. The maximum Gasteiger partial charge on any atom is 0.313 e. The van der Waals surface area contributed by atoms with Crippen LogP contribution in [0, 0.1) is 11.8 Å².